The summed E-state index contributed by atoms with van der Waals surface area (Å²) in [5, 5.41) is 0. The van der Waals surface area contributed by atoms with Crippen molar-refractivity contribution in [1.82, 2.24) is 0 Å². The number of rotatable bonds is 2. The molecule has 0 unspecified atom stereocenters. The highest BCUT2D eigenvalue weighted by Gasteiger charge is 2.02. The molecule has 0 radical (unpaired) electrons. The van der Waals surface area contributed by atoms with E-state index in [2.05, 4.69) is 24.9 Å². The molecule has 0 aromatic heterocycles. The lowest BCUT2D eigenvalue weighted by Crippen LogP contribution is -1.91. The first-order valence-corrected chi connectivity index (χ1v) is 4.09. The number of hydrogen-bond donors (Lipinski definition) is 1. The Hall–Kier alpha value is -1.31. The number of hydrogen-bond acceptors (Lipinski definition) is 1. The lowest BCUT2D eigenvalue weighted by Gasteiger charge is -2.07. The maximum atomic E-state index is 5.24. The minimum Gasteiger partial charge on any atom is -0.390 e. The second-order valence-corrected chi connectivity index (χ2v) is 2.99. The normalized spacial score (nSPS) is 11.2. The van der Waals surface area contributed by atoms with E-state index in [1.807, 2.05) is 18.2 Å². The lowest BCUT2D eigenvalue weighted by atomic mass is 10.0. The van der Waals surface area contributed by atoms with Gasteiger partial charge in [-0.1, -0.05) is 32.0 Å². The van der Waals surface area contributed by atoms with Crippen molar-refractivity contribution >= 4 is 12.0 Å². The molecule has 2 N–H and O–H groups in total. The minimum absolute atomic E-state index is 0.491. The van der Waals surface area contributed by atoms with E-state index in [4.69, 9.17) is 5.73 Å². The Morgan fingerprint density at radius 2 is 2.00 bits per heavy atom. The summed E-state index contributed by atoms with van der Waals surface area (Å²) >= 11 is 0. The zero-order chi connectivity index (χ0) is 8.97. The molecule has 0 aliphatic rings. The van der Waals surface area contributed by atoms with Gasteiger partial charge in [0.15, 0.2) is 0 Å². The van der Waals surface area contributed by atoms with E-state index in [0.717, 1.165) is 5.69 Å². The van der Waals surface area contributed by atoms with Gasteiger partial charge < -0.3 is 5.73 Å². The molecule has 0 fully saturated rings. The maximum absolute atomic E-state index is 5.24. The fraction of sp³-hybridized carbons (Fsp3) is 0.300. The van der Waals surface area contributed by atoms with E-state index in [9.17, 15) is 0 Å². The van der Waals surface area contributed by atoms with Gasteiger partial charge >= 0.3 is 0 Å². The largest absolute Gasteiger partial charge is 0.390 e. The third-order valence-corrected chi connectivity index (χ3v) is 1.77. The van der Waals surface area contributed by atoms with E-state index in [-0.39, 0.29) is 0 Å². The minimum atomic E-state index is 0.491. The van der Waals surface area contributed by atoms with Crippen LogP contribution < -0.4 is 5.73 Å². The van der Waals surface area contributed by atoms with E-state index in [1.54, 1.807) is 0 Å². The van der Waals surface area contributed by atoms with Crippen LogP contribution >= 0.6 is 0 Å². The van der Waals surface area contributed by atoms with Gasteiger partial charge in [0.05, 0.1) is 12.0 Å². The van der Waals surface area contributed by atoms with Crippen molar-refractivity contribution in [2.75, 3.05) is 0 Å². The molecule has 64 valence electrons. The first-order valence-electron chi connectivity index (χ1n) is 4.09. The third-order valence-electron chi connectivity index (χ3n) is 1.77. The molecule has 0 aliphatic heterocycles. The fourth-order valence-corrected chi connectivity index (χ4v) is 1.17. The van der Waals surface area contributed by atoms with Gasteiger partial charge in [-0.3, -0.25) is 0 Å². The number of nitrogens with two attached hydrogens (primary N) is 1. The number of para-hydroxylation sites is 1. The van der Waals surface area contributed by atoms with Crippen LogP contribution in [0.25, 0.3) is 0 Å². The Kier molecular flexibility index (Phi) is 2.86. The summed E-state index contributed by atoms with van der Waals surface area (Å²) in [5.41, 5.74) is 7.44. The average Bonchev–Trinajstić information content (AvgIpc) is 2.05. The monoisotopic (exact) mass is 162 g/mol. The zero-order valence-corrected chi connectivity index (χ0v) is 7.49. The zero-order valence-electron chi connectivity index (χ0n) is 7.49. The molecule has 2 nitrogen and oxygen atoms in total. The van der Waals surface area contributed by atoms with Gasteiger partial charge in [0, 0.05) is 0 Å². The Balaban J connectivity index is 3.08. The average molecular weight is 162 g/mol. The molecular weight excluding hydrogens is 148 g/mol. The van der Waals surface area contributed by atoms with E-state index < -0.39 is 0 Å². The fourth-order valence-electron chi connectivity index (χ4n) is 1.17. The Morgan fingerprint density at radius 1 is 1.33 bits per heavy atom. The van der Waals surface area contributed by atoms with Crippen LogP contribution in [-0.2, 0) is 0 Å². The maximum Gasteiger partial charge on any atom is 0.0860 e. The molecule has 0 atom stereocenters. The van der Waals surface area contributed by atoms with Gasteiger partial charge in [-0.05, 0) is 17.5 Å². The van der Waals surface area contributed by atoms with Crippen molar-refractivity contribution in [3.63, 3.8) is 0 Å². The summed E-state index contributed by atoms with van der Waals surface area (Å²) in [7, 11) is 0. The van der Waals surface area contributed by atoms with E-state index in [0.29, 0.717) is 5.92 Å². The lowest BCUT2D eigenvalue weighted by molar-refractivity contribution is 0.867. The predicted molar refractivity (Wildman–Crippen MR) is 52.9 cm³/mol. The van der Waals surface area contributed by atoms with Crippen molar-refractivity contribution < 1.29 is 0 Å². The van der Waals surface area contributed by atoms with Crippen LogP contribution in [0.3, 0.4) is 0 Å². The molecule has 1 aromatic rings. The van der Waals surface area contributed by atoms with Crippen molar-refractivity contribution in [3.8, 4) is 0 Å². The van der Waals surface area contributed by atoms with Crippen LogP contribution in [0, 0.1) is 0 Å². The standard InChI is InChI=1S/C10H14N2/c1-8(2)9-5-3-4-6-10(9)12-7-11/h3-8H,1-2H3,(H2,11,12). The first-order chi connectivity index (χ1) is 5.75. The predicted octanol–water partition coefficient (Wildman–Crippen LogP) is 2.43. The quantitative estimate of drug-likeness (QED) is 0.526. The van der Waals surface area contributed by atoms with Gasteiger partial charge in [-0.15, -0.1) is 0 Å². The van der Waals surface area contributed by atoms with Gasteiger partial charge in [0.25, 0.3) is 0 Å². The highest BCUT2D eigenvalue weighted by molar-refractivity contribution is 5.61. The van der Waals surface area contributed by atoms with Crippen molar-refractivity contribution in [2.45, 2.75) is 19.8 Å². The number of aliphatic imine (C=N–C) groups is 1. The molecule has 0 amide bonds. The van der Waals surface area contributed by atoms with Crippen molar-refractivity contribution in [1.29, 1.82) is 0 Å². The second-order valence-electron chi connectivity index (χ2n) is 2.99. The molecule has 0 saturated heterocycles. The first kappa shape index (κ1) is 8.78. The van der Waals surface area contributed by atoms with Crippen LogP contribution in [0.2, 0.25) is 0 Å². The molecule has 12 heavy (non-hydrogen) atoms. The number of nitrogens with zero attached hydrogens (tertiary/aromatic N) is 1. The molecular formula is C10H14N2. The van der Waals surface area contributed by atoms with Crippen LogP contribution in [0.5, 0.6) is 0 Å². The van der Waals surface area contributed by atoms with Gasteiger partial charge in [-0.25, -0.2) is 4.99 Å². The summed E-state index contributed by atoms with van der Waals surface area (Å²) in [6.07, 6.45) is 1.33. The summed E-state index contributed by atoms with van der Waals surface area (Å²) < 4.78 is 0. The number of benzene rings is 1. The Bertz CT molecular complexity index is 277. The molecule has 0 bridgehead atoms. The smallest absolute Gasteiger partial charge is 0.0860 e. The molecule has 0 spiro atoms. The van der Waals surface area contributed by atoms with Gasteiger partial charge in [-0.2, -0.15) is 0 Å². The van der Waals surface area contributed by atoms with Crippen LogP contribution in [-0.4, -0.2) is 6.34 Å². The Labute approximate surface area is 73.1 Å². The highest BCUT2D eigenvalue weighted by Crippen LogP contribution is 2.25. The SMILES string of the molecule is CC(C)c1ccccc1N=CN. The topological polar surface area (TPSA) is 38.4 Å². The molecule has 0 heterocycles. The van der Waals surface area contributed by atoms with Crippen molar-refractivity contribution in [3.05, 3.63) is 29.8 Å². The van der Waals surface area contributed by atoms with Crippen molar-refractivity contribution in [2.24, 2.45) is 10.7 Å². The van der Waals surface area contributed by atoms with Gasteiger partial charge in [0.2, 0.25) is 0 Å². The third kappa shape index (κ3) is 1.84. The second kappa shape index (κ2) is 3.90. The summed E-state index contributed by atoms with van der Waals surface area (Å²) in [6.45, 7) is 4.29. The molecule has 1 rings (SSSR count). The summed E-state index contributed by atoms with van der Waals surface area (Å²) in [6, 6.07) is 8.03. The molecule has 2 heteroatoms. The summed E-state index contributed by atoms with van der Waals surface area (Å²) in [5.74, 6) is 0.491. The Morgan fingerprint density at radius 3 is 2.58 bits per heavy atom. The van der Waals surface area contributed by atoms with E-state index in [1.165, 1.54) is 11.9 Å². The van der Waals surface area contributed by atoms with Crippen LogP contribution in [0.4, 0.5) is 5.69 Å². The molecule has 0 aliphatic carbocycles. The van der Waals surface area contributed by atoms with E-state index >= 15 is 0 Å². The van der Waals surface area contributed by atoms with Gasteiger partial charge in [0.1, 0.15) is 0 Å². The highest BCUT2D eigenvalue weighted by atomic mass is 14.8. The molecule has 1 aromatic carbocycles. The summed E-state index contributed by atoms with van der Waals surface area (Å²) in [4.78, 5) is 4.08. The molecule has 0 saturated carbocycles. The van der Waals surface area contributed by atoms with Crippen LogP contribution in [0.15, 0.2) is 29.3 Å². The van der Waals surface area contributed by atoms with Crippen LogP contribution in [0.1, 0.15) is 25.3 Å².